The Balaban J connectivity index is 1.38. The van der Waals surface area contributed by atoms with Crippen LogP contribution in [-0.2, 0) is 4.74 Å². The van der Waals surface area contributed by atoms with E-state index in [0.717, 1.165) is 24.4 Å². The van der Waals surface area contributed by atoms with Crippen LogP contribution in [0.5, 0.6) is 0 Å². The molecule has 2 heteroatoms. The van der Waals surface area contributed by atoms with E-state index in [2.05, 4.69) is 19.9 Å². The van der Waals surface area contributed by atoms with Crippen molar-refractivity contribution in [1.29, 1.82) is 5.26 Å². The molecule has 0 heterocycles. The number of nitrogens with zero attached hydrogens (tertiary/aromatic N) is 1. The van der Waals surface area contributed by atoms with Crippen molar-refractivity contribution in [2.45, 2.75) is 142 Å². The predicted molar refractivity (Wildman–Crippen MR) is 131 cm³/mol. The van der Waals surface area contributed by atoms with E-state index in [1.54, 1.807) is 0 Å². The summed E-state index contributed by atoms with van der Waals surface area (Å²) in [6.07, 6.45) is 25.8. The van der Waals surface area contributed by atoms with Gasteiger partial charge in [0.2, 0.25) is 0 Å². The average Bonchev–Trinajstić information content (AvgIpc) is 2.83. The van der Waals surface area contributed by atoms with Gasteiger partial charge in [0.25, 0.3) is 0 Å². The molecule has 0 atom stereocenters. The van der Waals surface area contributed by atoms with E-state index in [-0.39, 0.29) is 5.41 Å². The lowest BCUT2D eigenvalue weighted by atomic mass is 9.58. The number of hydrogen-bond acceptors (Lipinski definition) is 2. The molecule has 0 aromatic heterocycles. The molecule has 0 N–H and O–H groups in total. The summed E-state index contributed by atoms with van der Waals surface area (Å²) in [6, 6.07) is 2.88. The highest BCUT2D eigenvalue weighted by Gasteiger charge is 2.44. The zero-order valence-corrected chi connectivity index (χ0v) is 20.9. The van der Waals surface area contributed by atoms with E-state index in [0.29, 0.717) is 12.0 Å². The second-order valence-corrected chi connectivity index (χ2v) is 11.4. The number of rotatable bonds is 11. The van der Waals surface area contributed by atoms with Crippen molar-refractivity contribution in [3.8, 4) is 6.07 Å². The Hall–Kier alpha value is -0.550. The molecule has 0 aromatic rings. The maximum Gasteiger partial charge on any atom is 0.0692 e. The second kappa shape index (κ2) is 13.2. The summed E-state index contributed by atoms with van der Waals surface area (Å²) in [4.78, 5) is 0. The third kappa shape index (κ3) is 7.22. The molecule has 0 bridgehead atoms. The van der Waals surface area contributed by atoms with E-state index >= 15 is 0 Å². The molecule has 0 unspecified atom stereocenters. The van der Waals surface area contributed by atoms with Gasteiger partial charge < -0.3 is 4.74 Å². The number of nitriles is 1. The summed E-state index contributed by atoms with van der Waals surface area (Å²) in [7, 11) is 0. The lowest BCUT2D eigenvalue weighted by Gasteiger charge is -2.45. The van der Waals surface area contributed by atoms with Crippen molar-refractivity contribution in [3.05, 3.63) is 0 Å². The normalized spacial score (nSPS) is 36.7. The van der Waals surface area contributed by atoms with Crippen molar-refractivity contribution >= 4 is 0 Å². The third-order valence-electron chi connectivity index (χ3n) is 9.48. The molecule has 3 aliphatic carbocycles. The van der Waals surface area contributed by atoms with Crippen LogP contribution in [0, 0.1) is 40.4 Å². The summed E-state index contributed by atoms with van der Waals surface area (Å²) in [6.45, 7) is 5.47. The minimum absolute atomic E-state index is 0.0125. The van der Waals surface area contributed by atoms with Crippen LogP contribution in [-0.4, -0.2) is 12.7 Å². The van der Waals surface area contributed by atoms with Crippen LogP contribution < -0.4 is 0 Å². The molecule has 0 aliphatic heterocycles. The van der Waals surface area contributed by atoms with Crippen LogP contribution in [0.1, 0.15) is 136 Å². The fraction of sp³-hybridized carbons (Fsp3) is 0.966. The van der Waals surface area contributed by atoms with E-state index in [1.807, 2.05) is 0 Å². The van der Waals surface area contributed by atoms with Gasteiger partial charge in [0.1, 0.15) is 0 Å². The molecule has 0 amide bonds. The Morgan fingerprint density at radius 1 is 0.742 bits per heavy atom. The Bertz CT molecular complexity index is 513. The minimum Gasteiger partial charge on any atom is -0.378 e. The van der Waals surface area contributed by atoms with Crippen molar-refractivity contribution in [3.63, 3.8) is 0 Å². The predicted octanol–water partition coefficient (Wildman–Crippen LogP) is 8.84. The van der Waals surface area contributed by atoms with Gasteiger partial charge in [-0.1, -0.05) is 65.2 Å². The first kappa shape index (κ1) is 25.1. The second-order valence-electron chi connectivity index (χ2n) is 11.4. The maximum atomic E-state index is 10.2. The molecule has 0 spiro atoms. The number of ether oxygens (including phenoxy) is 1. The van der Waals surface area contributed by atoms with Gasteiger partial charge in [0, 0.05) is 6.61 Å². The highest BCUT2D eigenvalue weighted by atomic mass is 16.5. The quantitative estimate of drug-likeness (QED) is 0.307. The molecule has 178 valence electrons. The molecule has 31 heavy (non-hydrogen) atoms. The number of hydrogen-bond donors (Lipinski definition) is 0. The summed E-state index contributed by atoms with van der Waals surface area (Å²) in [5.74, 6) is 3.52. The summed E-state index contributed by atoms with van der Waals surface area (Å²) >= 11 is 0. The highest BCUT2D eigenvalue weighted by molar-refractivity contribution is 5.06. The smallest absolute Gasteiger partial charge is 0.0692 e. The molecule has 0 radical (unpaired) electrons. The third-order valence-corrected chi connectivity index (χ3v) is 9.48. The molecule has 0 saturated heterocycles. The molecule has 3 rings (SSSR count). The Kier molecular flexibility index (Phi) is 10.7. The fourth-order valence-corrected chi connectivity index (χ4v) is 7.22. The van der Waals surface area contributed by atoms with E-state index < -0.39 is 0 Å². The van der Waals surface area contributed by atoms with Gasteiger partial charge in [-0.25, -0.2) is 0 Å². The average molecular weight is 430 g/mol. The number of unbranched alkanes of at least 4 members (excludes halogenated alkanes) is 4. The SMILES string of the molecule is CCCCCCC1CCC([C@H]2CC[C@](C#N)(C3CCC(OCCCC)CC3)CC2)CC1. The molecule has 3 aliphatic rings. The van der Waals surface area contributed by atoms with Crippen LogP contribution in [0.15, 0.2) is 0 Å². The van der Waals surface area contributed by atoms with Crippen molar-refractivity contribution in [2.75, 3.05) is 6.61 Å². The largest absolute Gasteiger partial charge is 0.378 e. The van der Waals surface area contributed by atoms with Crippen molar-refractivity contribution in [2.24, 2.45) is 29.1 Å². The summed E-state index contributed by atoms with van der Waals surface area (Å²) in [5, 5.41) is 10.2. The summed E-state index contributed by atoms with van der Waals surface area (Å²) in [5.41, 5.74) is -0.0125. The van der Waals surface area contributed by atoms with Gasteiger partial charge in [0.05, 0.1) is 17.6 Å². The maximum absolute atomic E-state index is 10.2. The first-order valence-corrected chi connectivity index (χ1v) is 14.2. The van der Waals surface area contributed by atoms with Crippen LogP contribution in [0.25, 0.3) is 0 Å². The van der Waals surface area contributed by atoms with Crippen LogP contribution in [0.3, 0.4) is 0 Å². The monoisotopic (exact) mass is 429 g/mol. The van der Waals surface area contributed by atoms with E-state index in [9.17, 15) is 5.26 Å². The summed E-state index contributed by atoms with van der Waals surface area (Å²) < 4.78 is 6.08. The fourth-order valence-electron chi connectivity index (χ4n) is 7.22. The van der Waals surface area contributed by atoms with Crippen LogP contribution >= 0.6 is 0 Å². The standard InChI is InChI=1S/C29H51NO/c1-3-5-7-8-9-24-10-12-25(13-11-24)26-18-20-29(23-30,21-19-26)27-14-16-28(17-15-27)31-22-6-4-2/h24-28H,3-22H2,1-2H3/t24?,25?,26-,27?,28?,29-. The zero-order valence-electron chi connectivity index (χ0n) is 20.9. The lowest BCUT2D eigenvalue weighted by Crippen LogP contribution is -2.38. The first-order valence-electron chi connectivity index (χ1n) is 14.2. The van der Waals surface area contributed by atoms with Gasteiger partial charge in [-0.3, -0.25) is 0 Å². The van der Waals surface area contributed by atoms with Crippen LogP contribution in [0.4, 0.5) is 0 Å². The van der Waals surface area contributed by atoms with Crippen molar-refractivity contribution in [1.82, 2.24) is 0 Å². The Labute approximate surface area is 193 Å². The molecular weight excluding hydrogens is 378 g/mol. The van der Waals surface area contributed by atoms with Gasteiger partial charge in [-0.2, -0.15) is 5.26 Å². The highest BCUT2D eigenvalue weighted by Crippen LogP contribution is 2.52. The van der Waals surface area contributed by atoms with Gasteiger partial charge in [0.15, 0.2) is 0 Å². The molecule has 3 fully saturated rings. The molecule has 3 saturated carbocycles. The molecule has 2 nitrogen and oxygen atoms in total. The zero-order chi connectivity index (χ0) is 21.9. The molecular formula is C29H51NO. The topological polar surface area (TPSA) is 33.0 Å². The lowest BCUT2D eigenvalue weighted by molar-refractivity contribution is -0.00808. The Morgan fingerprint density at radius 3 is 2.00 bits per heavy atom. The molecule has 0 aromatic carbocycles. The van der Waals surface area contributed by atoms with Gasteiger partial charge in [-0.15, -0.1) is 0 Å². The van der Waals surface area contributed by atoms with Crippen molar-refractivity contribution < 1.29 is 4.74 Å². The Morgan fingerprint density at radius 2 is 1.39 bits per heavy atom. The van der Waals surface area contributed by atoms with Gasteiger partial charge in [-0.05, 0) is 94.3 Å². The first-order chi connectivity index (χ1) is 15.2. The van der Waals surface area contributed by atoms with E-state index in [4.69, 9.17) is 4.74 Å². The van der Waals surface area contributed by atoms with Gasteiger partial charge >= 0.3 is 0 Å². The minimum atomic E-state index is -0.0125. The van der Waals surface area contributed by atoms with Crippen LogP contribution in [0.2, 0.25) is 0 Å². The van der Waals surface area contributed by atoms with E-state index in [1.165, 1.54) is 122 Å².